The first-order valence-corrected chi connectivity index (χ1v) is 13.1. The molecule has 4 rings (SSSR count). The fourth-order valence-corrected chi connectivity index (χ4v) is 6.56. The number of hydrogen-bond acceptors (Lipinski definition) is 10. The van der Waals surface area contributed by atoms with Crippen LogP contribution in [-0.2, 0) is 32.1 Å². The second-order valence-corrected chi connectivity index (χ2v) is 11.8. The van der Waals surface area contributed by atoms with Gasteiger partial charge in [-0.1, -0.05) is 6.92 Å². The minimum atomic E-state index is -2.74. The molecule has 0 aliphatic heterocycles. The van der Waals surface area contributed by atoms with Crippen LogP contribution in [0.2, 0.25) is 0 Å². The molecule has 3 aliphatic carbocycles. The summed E-state index contributed by atoms with van der Waals surface area (Å²) in [6, 6.07) is 0.281. The predicted octanol–water partition coefficient (Wildman–Crippen LogP) is 0.154. The van der Waals surface area contributed by atoms with Crippen molar-refractivity contribution in [3.8, 4) is 11.5 Å². The van der Waals surface area contributed by atoms with Gasteiger partial charge in [-0.3, -0.25) is 28.9 Å². The number of aliphatic hydroxyl groups is 1. The van der Waals surface area contributed by atoms with E-state index in [0.717, 1.165) is 6.42 Å². The Bertz CT molecular complexity index is 1270. The molecule has 212 valence electrons. The number of amides is 1. The third kappa shape index (κ3) is 4.27. The molecule has 0 heterocycles. The Morgan fingerprint density at radius 2 is 1.87 bits per heavy atom. The molecule has 0 radical (unpaired) electrons. The molecular formula is C28H37N3O8. The molecule has 2 unspecified atom stereocenters. The van der Waals surface area contributed by atoms with Crippen LogP contribution in [0.15, 0.2) is 6.07 Å². The van der Waals surface area contributed by atoms with Gasteiger partial charge in [-0.2, -0.15) is 0 Å². The maximum atomic E-state index is 13.9. The van der Waals surface area contributed by atoms with Crippen molar-refractivity contribution in [2.45, 2.75) is 63.8 Å². The summed E-state index contributed by atoms with van der Waals surface area (Å²) in [7, 11) is 4.56. The number of carbonyl (C=O) groups is 5. The summed E-state index contributed by atoms with van der Waals surface area (Å²) < 4.78 is 5.71. The number of primary amides is 1. The van der Waals surface area contributed by atoms with E-state index < -0.39 is 64.4 Å². The van der Waals surface area contributed by atoms with Gasteiger partial charge in [0, 0.05) is 29.1 Å². The van der Waals surface area contributed by atoms with Crippen molar-refractivity contribution < 1.29 is 38.9 Å². The zero-order chi connectivity index (χ0) is 29.2. The summed E-state index contributed by atoms with van der Waals surface area (Å²) in [5, 5.41) is 26.0. The van der Waals surface area contributed by atoms with E-state index in [0.29, 0.717) is 23.4 Å². The Balaban J connectivity index is 1.82. The van der Waals surface area contributed by atoms with E-state index in [1.54, 1.807) is 14.1 Å². The monoisotopic (exact) mass is 543 g/mol. The summed E-state index contributed by atoms with van der Waals surface area (Å²) in [5.74, 6) is -10.3. The van der Waals surface area contributed by atoms with Gasteiger partial charge < -0.3 is 26.0 Å². The minimum absolute atomic E-state index is 0.0147. The third-order valence-corrected chi connectivity index (χ3v) is 8.93. The standard InChI is InChI=1S/C28H37N3O8/c1-7-27(2,3)30-11-13-10-16(32)18-14(23(13)39-6)8-12-9-15-20(31(4)5)22(34)19(26(29)37)25(36)28(15,38)24(35)17(12)21(18)33/h10,12,15,17,19-20,30,32,38H,7-9,11H2,1-6H3,(H2,29,37)/t12-,15-,17?,19?,20-,28-/m0/s1. The predicted molar refractivity (Wildman–Crippen MR) is 139 cm³/mol. The van der Waals surface area contributed by atoms with Crippen LogP contribution in [0.25, 0.3) is 0 Å². The third-order valence-electron chi connectivity index (χ3n) is 8.93. The Hall–Kier alpha value is -3.15. The number of aromatic hydroxyl groups is 1. The molecular weight excluding hydrogens is 506 g/mol. The smallest absolute Gasteiger partial charge is 0.235 e. The van der Waals surface area contributed by atoms with Crippen LogP contribution in [0, 0.1) is 23.7 Å². The molecule has 1 amide bonds. The summed E-state index contributed by atoms with van der Waals surface area (Å²) in [6.07, 6.45) is 0.981. The lowest BCUT2D eigenvalue weighted by Gasteiger charge is -2.52. The van der Waals surface area contributed by atoms with Crippen molar-refractivity contribution in [3.63, 3.8) is 0 Å². The number of Topliss-reactive ketones (excluding diaryl/α,β-unsaturated/α-hetero) is 4. The number of nitrogens with one attached hydrogen (secondary N) is 1. The van der Waals surface area contributed by atoms with Gasteiger partial charge in [0.1, 0.15) is 11.5 Å². The van der Waals surface area contributed by atoms with Crippen molar-refractivity contribution >= 4 is 29.0 Å². The van der Waals surface area contributed by atoms with E-state index in [2.05, 4.69) is 5.32 Å². The summed E-state index contributed by atoms with van der Waals surface area (Å²) in [6.45, 7) is 6.48. The quantitative estimate of drug-likeness (QED) is 0.346. The van der Waals surface area contributed by atoms with Gasteiger partial charge in [-0.25, -0.2) is 0 Å². The van der Waals surface area contributed by atoms with E-state index in [9.17, 15) is 34.2 Å². The van der Waals surface area contributed by atoms with Crippen LogP contribution in [0.1, 0.15) is 55.1 Å². The van der Waals surface area contributed by atoms with E-state index in [4.69, 9.17) is 10.5 Å². The highest BCUT2D eigenvalue weighted by Crippen LogP contribution is 2.52. The highest BCUT2D eigenvalue weighted by atomic mass is 16.5. The van der Waals surface area contributed by atoms with Crippen LogP contribution in [0.4, 0.5) is 0 Å². The molecule has 2 saturated carbocycles. The number of nitrogens with two attached hydrogens (primary N) is 1. The number of rotatable bonds is 7. The van der Waals surface area contributed by atoms with Crippen LogP contribution in [0.3, 0.4) is 0 Å². The summed E-state index contributed by atoms with van der Waals surface area (Å²) in [5.41, 5.74) is 3.40. The number of benzene rings is 1. The van der Waals surface area contributed by atoms with Crippen LogP contribution in [0.5, 0.6) is 11.5 Å². The zero-order valence-corrected chi connectivity index (χ0v) is 23.2. The van der Waals surface area contributed by atoms with Crippen molar-refractivity contribution in [2.24, 2.45) is 29.4 Å². The molecule has 0 saturated heterocycles. The molecule has 11 heteroatoms. The van der Waals surface area contributed by atoms with Gasteiger partial charge >= 0.3 is 0 Å². The fraction of sp³-hybridized carbons (Fsp3) is 0.607. The van der Waals surface area contributed by atoms with Gasteiger partial charge in [-0.15, -0.1) is 0 Å². The minimum Gasteiger partial charge on any atom is -0.507 e. The largest absolute Gasteiger partial charge is 0.507 e. The molecule has 3 aliphatic rings. The van der Waals surface area contributed by atoms with E-state index >= 15 is 0 Å². The molecule has 1 aromatic rings. The van der Waals surface area contributed by atoms with Crippen LogP contribution in [-0.4, -0.2) is 82.5 Å². The van der Waals surface area contributed by atoms with Crippen LogP contribution < -0.4 is 15.8 Å². The Labute approximate surface area is 227 Å². The van der Waals surface area contributed by atoms with Crippen molar-refractivity contribution in [1.29, 1.82) is 0 Å². The van der Waals surface area contributed by atoms with E-state index in [1.165, 1.54) is 18.1 Å². The number of likely N-dealkylation sites (N-methyl/N-ethyl adjacent to an activating group) is 1. The second kappa shape index (κ2) is 9.79. The van der Waals surface area contributed by atoms with Gasteiger partial charge in [0.05, 0.1) is 24.6 Å². The van der Waals surface area contributed by atoms with Gasteiger partial charge in [0.15, 0.2) is 34.7 Å². The molecule has 2 fully saturated rings. The maximum Gasteiger partial charge on any atom is 0.235 e. The molecule has 11 nitrogen and oxygen atoms in total. The first-order chi connectivity index (χ1) is 18.1. The Kier molecular flexibility index (Phi) is 7.25. The number of ether oxygens (including phenoxy) is 1. The first-order valence-electron chi connectivity index (χ1n) is 13.1. The van der Waals surface area contributed by atoms with E-state index in [-0.39, 0.29) is 29.7 Å². The molecule has 0 aromatic heterocycles. The molecule has 1 aromatic carbocycles. The number of phenols is 1. The maximum absolute atomic E-state index is 13.9. The molecule has 5 N–H and O–H groups in total. The summed E-state index contributed by atoms with van der Waals surface area (Å²) in [4.78, 5) is 67.7. The lowest BCUT2D eigenvalue weighted by molar-refractivity contribution is -0.181. The summed E-state index contributed by atoms with van der Waals surface area (Å²) >= 11 is 0. The lowest BCUT2D eigenvalue weighted by atomic mass is 9.52. The SMILES string of the molecule is CCC(C)(C)NCc1cc(O)c2c(c1OC)C[C@H]1C[C@H]3[C@H](N(C)C)C(=O)C(C(N)=O)C(=O)[C@@]3(O)C(=O)C1C2=O. The fourth-order valence-electron chi connectivity index (χ4n) is 6.56. The number of carbonyl (C=O) groups excluding carboxylic acids is 5. The second-order valence-electron chi connectivity index (χ2n) is 11.8. The molecule has 0 bridgehead atoms. The highest BCUT2D eigenvalue weighted by Gasteiger charge is 2.69. The lowest BCUT2D eigenvalue weighted by Crippen LogP contribution is -2.74. The number of hydrogen-bond donors (Lipinski definition) is 4. The van der Waals surface area contributed by atoms with Crippen molar-refractivity contribution in [2.75, 3.05) is 21.2 Å². The van der Waals surface area contributed by atoms with Crippen LogP contribution >= 0.6 is 0 Å². The van der Waals surface area contributed by atoms with E-state index in [1.807, 2.05) is 20.8 Å². The molecule has 39 heavy (non-hydrogen) atoms. The first kappa shape index (κ1) is 28.8. The topological polar surface area (TPSA) is 176 Å². The molecule has 0 spiro atoms. The van der Waals surface area contributed by atoms with Crippen molar-refractivity contribution in [3.05, 3.63) is 22.8 Å². The number of nitrogens with zero attached hydrogens (tertiary/aromatic N) is 1. The highest BCUT2D eigenvalue weighted by molar-refractivity contribution is 6.32. The average molecular weight is 544 g/mol. The zero-order valence-electron chi connectivity index (χ0n) is 23.2. The number of phenolic OH excluding ortho intramolecular Hbond substituents is 1. The van der Waals surface area contributed by atoms with Crippen molar-refractivity contribution in [1.82, 2.24) is 10.2 Å². The number of fused-ring (bicyclic) bond motifs is 3. The Morgan fingerprint density at radius 3 is 2.41 bits per heavy atom. The number of ketones is 4. The molecule has 6 atom stereocenters. The normalized spacial score (nSPS) is 30.6. The van der Waals surface area contributed by atoms with Gasteiger partial charge in [0.25, 0.3) is 0 Å². The number of methoxy groups -OCH3 is 1. The average Bonchev–Trinajstić information content (AvgIpc) is 2.84. The Morgan fingerprint density at radius 1 is 1.23 bits per heavy atom. The van der Waals surface area contributed by atoms with Gasteiger partial charge in [-0.05, 0) is 59.2 Å². The van der Waals surface area contributed by atoms with Gasteiger partial charge in [0.2, 0.25) is 5.91 Å².